The standard InChI is InChI=1S/C20H16ClN3O3S/c21-15-3-1-2-4-16(15)23-18(25)12-27-14-7-5-13(6-8-14)11-17-19(26)24-10-9-22-20(24)28-17/h1-8,11H,9-10,12H2,(H,23,25)/b17-11+. The highest BCUT2D eigenvalue weighted by atomic mass is 35.5. The number of thiazole rings is 1. The number of aromatic nitrogens is 1. The molecule has 0 unspecified atom stereocenters. The summed E-state index contributed by atoms with van der Waals surface area (Å²) in [5.41, 5.74) is 1.42. The van der Waals surface area contributed by atoms with E-state index in [4.69, 9.17) is 16.3 Å². The SMILES string of the molecule is O=C(COc1ccc(/C=c2/sc3n(c2=O)CCN=3)cc1)Nc1ccccc1Cl. The predicted molar refractivity (Wildman–Crippen MR) is 110 cm³/mol. The van der Waals surface area contributed by atoms with Gasteiger partial charge in [-0.25, -0.2) is 0 Å². The zero-order chi connectivity index (χ0) is 19.5. The molecule has 28 heavy (non-hydrogen) atoms. The highest BCUT2D eigenvalue weighted by Crippen LogP contribution is 2.20. The molecule has 142 valence electrons. The van der Waals surface area contributed by atoms with Gasteiger partial charge in [-0.2, -0.15) is 0 Å². The molecule has 8 heteroatoms. The summed E-state index contributed by atoms with van der Waals surface area (Å²) in [6.45, 7) is 1.20. The molecule has 1 aromatic heterocycles. The number of ether oxygens (including phenoxy) is 1. The first kappa shape index (κ1) is 18.5. The predicted octanol–water partition coefficient (Wildman–Crippen LogP) is 2.04. The summed E-state index contributed by atoms with van der Waals surface area (Å²) in [5, 5.41) is 3.17. The van der Waals surface area contributed by atoms with Crippen molar-refractivity contribution in [2.24, 2.45) is 4.99 Å². The van der Waals surface area contributed by atoms with Gasteiger partial charge in [-0.05, 0) is 35.9 Å². The zero-order valence-corrected chi connectivity index (χ0v) is 16.3. The summed E-state index contributed by atoms with van der Waals surface area (Å²) in [7, 11) is 0. The zero-order valence-electron chi connectivity index (χ0n) is 14.7. The van der Waals surface area contributed by atoms with Crippen molar-refractivity contribution in [2.45, 2.75) is 6.54 Å². The molecule has 1 amide bonds. The second-order valence-corrected chi connectivity index (χ2v) is 7.53. The van der Waals surface area contributed by atoms with E-state index in [9.17, 15) is 9.59 Å². The van der Waals surface area contributed by atoms with E-state index < -0.39 is 0 Å². The van der Waals surface area contributed by atoms with Gasteiger partial charge in [-0.3, -0.25) is 19.1 Å². The van der Waals surface area contributed by atoms with Gasteiger partial charge < -0.3 is 10.1 Å². The summed E-state index contributed by atoms with van der Waals surface area (Å²) >= 11 is 7.41. The van der Waals surface area contributed by atoms with Gasteiger partial charge in [0.1, 0.15) is 5.75 Å². The maximum Gasteiger partial charge on any atom is 0.270 e. The van der Waals surface area contributed by atoms with Gasteiger partial charge in [0.05, 0.1) is 21.8 Å². The van der Waals surface area contributed by atoms with Gasteiger partial charge in [0, 0.05) is 6.54 Å². The molecule has 1 aliphatic heterocycles. The fourth-order valence-electron chi connectivity index (χ4n) is 2.78. The monoisotopic (exact) mass is 413 g/mol. The molecule has 2 aromatic carbocycles. The lowest BCUT2D eigenvalue weighted by Crippen LogP contribution is -2.29. The summed E-state index contributed by atoms with van der Waals surface area (Å²) in [5.74, 6) is 0.264. The van der Waals surface area contributed by atoms with Crippen LogP contribution in [-0.4, -0.2) is 23.6 Å². The van der Waals surface area contributed by atoms with E-state index in [0.717, 1.165) is 10.4 Å². The molecule has 1 N–H and O–H groups in total. The minimum atomic E-state index is -0.298. The van der Waals surface area contributed by atoms with Crippen LogP contribution in [0.25, 0.3) is 6.08 Å². The number of para-hydroxylation sites is 1. The van der Waals surface area contributed by atoms with Crippen LogP contribution in [0.2, 0.25) is 5.02 Å². The van der Waals surface area contributed by atoms with Gasteiger partial charge in [0.15, 0.2) is 11.4 Å². The molecule has 0 spiro atoms. The number of carbonyl (C=O) groups is 1. The second kappa shape index (κ2) is 8.00. The lowest BCUT2D eigenvalue weighted by atomic mass is 10.2. The van der Waals surface area contributed by atoms with E-state index in [0.29, 0.717) is 34.1 Å². The van der Waals surface area contributed by atoms with Crippen LogP contribution in [0.1, 0.15) is 5.56 Å². The van der Waals surface area contributed by atoms with Crippen LogP contribution in [0.15, 0.2) is 58.3 Å². The number of halogens is 1. The Balaban J connectivity index is 1.40. The number of nitrogens with one attached hydrogen (secondary N) is 1. The molecule has 6 nitrogen and oxygen atoms in total. The van der Waals surface area contributed by atoms with Crippen LogP contribution in [0.3, 0.4) is 0 Å². The number of amides is 1. The van der Waals surface area contributed by atoms with Gasteiger partial charge in [-0.1, -0.05) is 47.2 Å². The number of rotatable bonds is 5. The van der Waals surface area contributed by atoms with E-state index in [1.807, 2.05) is 18.2 Å². The van der Waals surface area contributed by atoms with Gasteiger partial charge in [-0.15, -0.1) is 0 Å². The Hall–Kier alpha value is -2.90. The molecule has 0 bridgehead atoms. The van der Waals surface area contributed by atoms with Gasteiger partial charge in [0.25, 0.3) is 11.5 Å². The van der Waals surface area contributed by atoms with Gasteiger partial charge in [0.2, 0.25) is 0 Å². The third kappa shape index (κ3) is 4.00. The Kier molecular flexibility index (Phi) is 5.27. The molecular formula is C20H16ClN3O3S. The number of nitrogens with zero attached hydrogens (tertiary/aromatic N) is 2. The minimum absolute atomic E-state index is 0.00202. The summed E-state index contributed by atoms with van der Waals surface area (Å²) in [6.07, 6.45) is 1.84. The Labute approximate surface area is 169 Å². The van der Waals surface area contributed by atoms with Crippen LogP contribution >= 0.6 is 22.9 Å². The second-order valence-electron chi connectivity index (χ2n) is 6.12. The molecular weight excluding hydrogens is 398 g/mol. The topological polar surface area (TPSA) is 72.7 Å². The Bertz CT molecular complexity index is 1200. The first-order chi connectivity index (χ1) is 13.6. The van der Waals surface area contributed by atoms with Crippen molar-refractivity contribution < 1.29 is 9.53 Å². The van der Waals surface area contributed by atoms with Crippen molar-refractivity contribution >= 4 is 40.6 Å². The minimum Gasteiger partial charge on any atom is -0.484 e. The van der Waals surface area contributed by atoms with Gasteiger partial charge >= 0.3 is 0 Å². The first-order valence-electron chi connectivity index (χ1n) is 8.63. The Morgan fingerprint density at radius 2 is 2.04 bits per heavy atom. The average molecular weight is 414 g/mol. The molecule has 1 aliphatic rings. The van der Waals surface area contributed by atoms with Crippen LogP contribution < -0.4 is 24.9 Å². The maximum atomic E-state index is 12.3. The molecule has 4 rings (SSSR count). The van der Waals surface area contributed by atoms with Crippen LogP contribution in [0, 0.1) is 0 Å². The molecule has 0 atom stereocenters. The van der Waals surface area contributed by atoms with Crippen LogP contribution in [0.5, 0.6) is 5.75 Å². The highest BCUT2D eigenvalue weighted by Gasteiger charge is 2.09. The number of anilines is 1. The third-order valence-electron chi connectivity index (χ3n) is 4.15. The number of fused-ring (bicyclic) bond motifs is 1. The van der Waals surface area contributed by atoms with Crippen LogP contribution in [0.4, 0.5) is 5.69 Å². The van der Waals surface area contributed by atoms with Crippen molar-refractivity contribution in [3.63, 3.8) is 0 Å². The molecule has 0 aliphatic carbocycles. The van der Waals surface area contributed by atoms with Crippen molar-refractivity contribution in [3.05, 3.63) is 78.8 Å². The van der Waals surface area contributed by atoms with Crippen molar-refractivity contribution in [2.75, 3.05) is 18.5 Å². The number of benzene rings is 2. The summed E-state index contributed by atoms with van der Waals surface area (Å²) in [4.78, 5) is 29.4. The highest BCUT2D eigenvalue weighted by molar-refractivity contribution is 7.07. The van der Waals surface area contributed by atoms with Crippen molar-refractivity contribution in [3.8, 4) is 5.75 Å². The largest absolute Gasteiger partial charge is 0.484 e. The smallest absolute Gasteiger partial charge is 0.270 e. The van der Waals surface area contributed by atoms with Crippen molar-refractivity contribution in [1.82, 2.24) is 4.57 Å². The third-order valence-corrected chi connectivity index (χ3v) is 5.53. The fourth-order valence-corrected chi connectivity index (χ4v) is 3.99. The average Bonchev–Trinajstić information content (AvgIpc) is 3.26. The first-order valence-corrected chi connectivity index (χ1v) is 9.83. The van der Waals surface area contributed by atoms with E-state index in [-0.39, 0.29) is 18.1 Å². The lowest BCUT2D eigenvalue weighted by Gasteiger charge is -2.08. The van der Waals surface area contributed by atoms with E-state index in [1.54, 1.807) is 41.0 Å². The molecule has 0 saturated heterocycles. The number of hydrogen-bond donors (Lipinski definition) is 1. The van der Waals surface area contributed by atoms with Crippen LogP contribution in [-0.2, 0) is 11.3 Å². The molecule has 0 fully saturated rings. The molecule has 3 aromatic rings. The normalized spacial score (nSPS) is 13.1. The quantitative estimate of drug-likeness (QED) is 0.695. The van der Waals surface area contributed by atoms with E-state index in [2.05, 4.69) is 10.3 Å². The number of hydrogen-bond acceptors (Lipinski definition) is 5. The van der Waals surface area contributed by atoms with E-state index >= 15 is 0 Å². The lowest BCUT2D eigenvalue weighted by molar-refractivity contribution is -0.118. The summed E-state index contributed by atoms with van der Waals surface area (Å²) in [6, 6.07) is 14.2. The molecule has 2 heterocycles. The summed E-state index contributed by atoms with van der Waals surface area (Å²) < 4.78 is 7.87. The van der Waals surface area contributed by atoms with E-state index in [1.165, 1.54) is 11.3 Å². The Morgan fingerprint density at radius 1 is 1.25 bits per heavy atom. The molecule has 0 radical (unpaired) electrons. The fraction of sp³-hybridized carbons (Fsp3) is 0.150. The number of carbonyl (C=O) groups excluding carboxylic acids is 1. The molecule has 0 saturated carbocycles. The van der Waals surface area contributed by atoms with Crippen molar-refractivity contribution in [1.29, 1.82) is 0 Å². The maximum absolute atomic E-state index is 12.3. The Morgan fingerprint density at radius 3 is 2.79 bits per heavy atom.